The van der Waals surface area contributed by atoms with Crippen LogP contribution >= 0.6 is 0 Å². The highest BCUT2D eigenvalue weighted by molar-refractivity contribution is 5.55. The van der Waals surface area contributed by atoms with E-state index in [0.29, 0.717) is 5.41 Å². The minimum absolute atomic E-state index is 0.179. The molecule has 3 heteroatoms. The Morgan fingerprint density at radius 1 is 1.00 bits per heavy atom. The van der Waals surface area contributed by atoms with Crippen LogP contribution in [0.2, 0.25) is 0 Å². The highest BCUT2D eigenvalue weighted by Gasteiger charge is 2.31. The number of piperazine rings is 1. The third-order valence-electron chi connectivity index (χ3n) is 6.98. The Kier molecular flexibility index (Phi) is 6.86. The molecule has 0 spiro atoms. The Labute approximate surface area is 166 Å². The molecule has 0 radical (unpaired) electrons. The van der Waals surface area contributed by atoms with E-state index < -0.39 is 0 Å². The van der Waals surface area contributed by atoms with Crippen LogP contribution in [0.5, 0.6) is 0 Å². The molecular weight excluding hydrogens is 332 g/mol. The molecule has 27 heavy (non-hydrogen) atoms. The van der Waals surface area contributed by atoms with Crippen molar-refractivity contribution in [3.8, 4) is 0 Å². The maximum Gasteiger partial charge on any atom is 0.0664 e. The molecule has 0 bridgehead atoms. The molecule has 3 nitrogen and oxygen atoms in total. The van der Waals surface area contributed by atoms with Crippen molar-refractivity contribution in [3.63, 3.8) is 0 Å². The molecule has 1 N–H and O–H groups in total. The second-order valence-electron chi connectivity index (χ2n) is 9.82. The molecule has 2 fully saturated rings. The van der Waals surface area contributed by atoms with Crippen molar-refractivity contribution in [3.05, 3.63) is 29.8 Å². The van der Waals surface area contributed by atoms with Crippen molar-refractivity contribution in [2.45, 2.75) is 71.8 Å². The molecule has 1 heterocycles. The molecule has 1 atom stereocenters. The molecule has 152 valence electrons. The predicted octanol–water partition coefficient (Wildman–Crippen LogP) is 4.90. The van der Waals surface area contributed by atoms with Gasteiger partial charge in [-0.3, -0.25) is 4.90 Å². The lowest BCUT2D eigenvalue weighted by Crippen LogP contribution is -2.48. The maximum absolute atomic E-state index is 9.93. The normalized spacial score (nSPS) is 26.2. The smallest absolute Gasteiger partial charge is 0.0664 e. The number of anilines is 1. The van der Waals surface area contributed by atoms with Crippen molar-refractivity contribution in [1.82, 2.24) is 4.90 Å². The summed E-state index contributed by atoms with van der Waals surface area (Å²) in [6.45, 7) is 14.4. The van der Waals surface area contributed by atoms with Crippen LogP contribution in [0, 0.1) is 11.3 Å². The summed E-state index contributed by atoms with van der Waals surface area (Å²) in [6.07, 6.45) is 6.07. The number of rotatable bonds is 5. The van der Waals surface area contributed by atoms with E-state index in [4.69, 9.17) is 0 Å². The number of β-amino-alcohol motifs (C(OH)–C–C–N with tert-alkyl or cyclic N) is 1. The first-order valence-electron chi connectivity index (χ1n) is 11.1. The summed E-state index contributed by atoms with van der Waals surface area (Å²) >= 11 is 0. The Hall–Kier alpha value is -1.06. The monoisotopic (exact) mass is 372 g/mol. The van der Waals surface area contributed by atoms with Gasteiger partial charge in [0.05, 0.1) is 6.10 Å². The van der Waals surface area contributed by atoms with E-state index in [0.717, 1.165) is 51.0 Å². The Morgan fingerprint density at radius 3 is 2.22 bits per heavy atom. The Balaban J connectivity index is 1.62. The number of aliphatic hydroxyl groups excluding tert-OH is 1. The number of hydrogen-bond acceptors (Lipinski definition) is 3. The van der Waals surface area contributed by atoms with Crippen LogP contribution in [-0.2, 0) is 0 Å². The van der Waals surface area contributed by atoms with E-state index in [1.54, 1.807) is 5.56 Å². The zero-order valence-corrected chi connectivity index (χ0v) is 18.0. The number of aliphatic hydroxyl groups is 1. The van der Waals surface area contributed by atoms with Gasteiger partial charge in [-0.2, -0.15) is 0 Å². The van der Waals surface area contributed by atoms with E-state index >= 15 is 0 Å². The summed E-state index contributed by atoms with van der Waals surface area (Å²) in [5, 5.41) is 9.93. The number of para-hydroxylation sites is 1. The van der Waals surface area contributed by atoms with Gasteiger partial charge in [0, 0.05) is 38.4 Å². The lowest BCUT2D eigenvalue weighted by atomic mass is 9.68. The highest BCUT2D eigenvalue weighted by atomic mass is 16.3. The lowest BCUT2D eigenvalue weighted by molar-refractivity contribution is 0.106. The molecule has 1 aliphatic heterocycles. The van der Waals surface area contributed by atoms with E-state index in [2.05, 4.69) is 61.8 Å². The molecule has 1 aromatic rings. The minimum Gasteiger partial charge on any atom is -0.392 e. The molecule has 1 saturated carbocycles. The van der Waals surface area contributed by atoms with Crippen LogP contribution < -0.4 is 4.90 Å². The highest BCUT2D eigenvalue weighted by Crippen LogP contribution is 2.45. The third-order valence-corrected chi connectivity index (χ3v) is 6.98. The van der Waals surface area contributed by atoms with Crippen molar-refractivity contribution in [2.75, 3.05) is 37.6 Å². The fraction of sp³-hybridized carbons (Fsp3) is 0.750. The summed E-state index contributed by atoms with van der Waals surface area (Å²) in [6, 6.07) is 9.14. The fourth-order valence-corrected chi connectivity index (χ4v) is 4.99. The van der Waals surface area contributed by atoms with E-state index in [1.807, 2.05) is 0 Å². The maximum atomic E-state index is 9.93. The first-order valence-corrected chi connectivity index (χ1v) is 11.1. The second-order valence-corrected chi connectivity index (χ2v) is 9.82. The zero-order chi connectivity index (χ0) is 19.4. The topological polar surface area (TPSA) is 26.7 Å². The molecule has 1 aromatic carbocycles. The molecule has 0 amide bonds. The van der Waals surface area contributed by atoms with E-state index in [9.17, 15) is 5.11 Å². The van der Waals surface area contributed by atoms with Gasteiger partial charge in [0.2, 0.25) is 0 Å². The quantitative estimate of drug-likeness (QED) is 0.796. The molecular formula is C24H40N2O. The molecule has 1 saturated heterocycles. The summed E-state index contributed by atoms with van der Waals surface area (Å²) in [5.74, 6) is 1.59. The zero-order valence-electron chi connectivity index (χ0n) is 18.0. The molecule has 2 aliphatic rings. The predicted molar refractivity (Wildman–Crippen MR) is 116 cm³/mol. The van der Waals surface area contributed by atoms with Gasteiger partial charge in [0.1, 0.15) is 0 Å². The molecule has 0 aromatic heterocycles. The lowest BCUT2D eigenvalue weighted by Gasteiger charge is -2.40. The van der Waals surface area contributed by atoms with Crippen LogP contribution in [-0.4, -0.2) is 48.8 Å². The number of hydrogen-bond donors (Lipinski definition) is 1. The molecule has 3 rings (SSSR count). The SMILES string of the molecule is CCC(O)CN1CCN(c2ccccc2C2CCC(C(C)(C)C)CC2)CC1. The first-order chi connectivity index (χ1) is 12.9. The Bertz CT molecular complexity index is 578. The average molecular weight is 373 g/mol. The van der Waals surface area contributed by atoms with Gasteiger partial charge in [-0.1, -0.05) is 45.9 Å². The van der Waals surface area contributed by atoms with Gasteiger partial charge in [-0.25, -0.2) is 0 Å². The first kappa shape index (κ1) is 20.7. The van der Waals surface area contributed by atoms with Crippen LogP contribution in [0.3, 0.4) is 0 Å². The fourth-order valence-electron chi connectivity index (χ4n) is 4.99. The van der Waals surface area contributed by atoms with Crippen molar-refractivity contribution >= 4 is 5.69 Å². The van der Waals surface area contributed by atoms with Gasteiger partial charge >= 0.3 is 0 Å². The van der Waals surface area contributed by atoms with Gasteiger partial charge in [-0.15, -0.1) is 0 Å². The van der Waals surface area contributed by atoms with Crippen molar-refractivity contribution < 1.29 is 5.11 Å². The largest absolute Gasteiger partial charge is 0.392 e. The van der Waals surface area contributed by atoms with Gasteiger partial charge in [0.25, 0.3) is 0 Å². The third kappa shape index (κ3) is 5.26. The standard InChI is InChI=1S/C24H40N2O/c1-5-21(27)18-25-14-16-26(17-15-25)23-9-7-6-8-22(23)19-10-12-20(13-11-19)24(2,3)4/h6-9,19-21,27H,5,10-18H2,1-4H3. The Morgan fingerprint density at radius 2 is 1.63 bits per heavy atom. The van der Waals surface area contributed by atoms with Gasteiger partial charge in [-0.05, 0) is 61.0 Å². The van der Waals surface area contributed by atoms with Crippen LogP contribution in [0.1, 0.15) is 71.3 Å². The van der Waals surface area contributed by atoms with E-state index in [1.165, 1.54) is 31.4 Å². The second kappa shape index (κ2) is 8.96. The van der Waals surface area contributed by atoms with Crippen LogP contribution in [0.25, 0.3) is 0 Å². The molecule has 1 aliphatic carbocycles. The average Bonchev–Trinajstić information content (AvgIpc) is 2.68. The van der Waals surface area contributed by atoms with Crippen LogP contribution in [0.4, 0.5) is 5.69 Å². The van der Waals surface area contributed by atoms with Crippen molar-refractivity contribution in [2.24, 2.45) is 11.3 Å². The number of nitrogens with zero attached hydrogens (tertiary/aromatic N) is 2. The van der Waals surface area contributed by atoms with E-state index in [-0.39, 0.29) is 6.10 Å². The summed E-state index contributed by atoms with van der Waals surface area (Å²) in [5.41, 5.74) is 3.49. The summed E-state index contributed by atoms with van der Waals surface area (Å²) < 4.78 is 0. The van der Waals surface area contributed by atoms with Gasteiger partial charge < -0.3 is 10.0 Å². The summed E-state index contributed by atoms with van der Waals surface area (Å²) in [7, 11) is 0. The van der Waals surface area contributed by atoms with Crippen LogP contribution in [0.15, 0.2) is 24.3 Å². The van der Waals surface area contributed by atoms with Crippen molar-refractivity contribution in [1.29, 1.82) is 0 Å². The minimum atomic E-state index is -0.179. The number of benzene rings is 1. The summed E-state index contributed by atoms with van der Waals surface area (Å²) in [4.78, 5) is 5.00. The molecule has 1 unspecified atom stereocenters. The van der Waals surface area contributed by atoms with Gasteiger partial charge in [0.15, 0.2) is 0 Å².